The summed E-state index contributed by atoms with van der Waals surface area (Å²) in [7, 11) is -1.46. The molecule has 0 fully saturated rings. The fourth-order valence-corrected chi connectivity index (χ4v) is 8.53. The van der Waals surface area contributed by atoms with Crippen LogP contribution in [0.3, 0.4) is 0 Å². The summed E-state index contributed by atoms with van der Waals surface area (Å²) in [6.07, 6.45) is 6.62. The van der Waals surface area contributed by atoms with E-state index in [1.54, 1.807) is 6.33 Å². The Balaban J connectivity index is 0.000000252. The van der Waals surface area contributed by atoms with Gasteiger partial charge in [-0.3, -0.25) is 9.78 Å². The number of allylic oxidation sites excluding steroid dienone is 2. The van der Waals surface area contributed by atoms with Crippen molar-refractivity contribution >= 4 is 78.9 Å². The Hall–Kier alpha value is -3.64. The number of benzene rings is 3. The smallest absolute Gasteiger partial charge is 0.162 e. The Bertz CT molecular complexity index is 2340. The summed E-state index contributed by atoms with van der Waals surface area (Å²) < 4.78 is 2.44. The Morgan fingerprint density at radius 3 is 2.06 bits per heavy atom. The molecule has 0 saturated heterocycles. The van der Waals surface area contributed by atoms with Crippen molar-refractivity contribution in [1.29, 1.82) is 0 Å². The second kappa shape index (κ2) is 14.3. The number of pyridine rings is 2. The standard InChI is InChI=1S/C29H24N3Si.C13H24O2.Ir/c1-16-17(2)28-24-14-20(33(3,4)5)10-11-21(24)25-29-26(31-15-30-25)22-12-18-8-6-7-9-19(18)13-23(22)27(16)32(28)29;1-5-10(6-2)12(14)9-13(15)11(7-3)8-4;/h6-11,13-15H,1-5H3;9-11,14H,5-8H2,1-4H3;/q-1;;/b;12-9-;. The minimum absolute atomic E-state index is 0. The molecule has 257 valence electrons. The summed E-state index contributed by atoms with van der Waals surface area (Å²) in [5.74, 6) is 0.547. The van der Waals surface area contributed by atoms with Crippen LogP contribution in [-0.4, -0.2) is 33.3 Å². The van der Waals surface area contributed by atoms with Gasteiger partial charge >= 0.3 is 0 Å². The second-order valence-corrected chi connectivity index (χ2v) is 19.4. The van der Waals surface area contributed by atoms with Crippen LogP contribution in [0.25, 0.3) is 59.9 Å². The number of aliphatic hydroxyl groups is 1. The fraction of sp³-hybridized carbons (Fsp3) is 0.357. The van der Waals surface area contributed by atoms with Gasteiger partial charge in [-0.15, -0.1) is 23.6 Å². The Morgan fingerprint density at radius 1 is 0.816 bits per heavy atom. The predicted molar refractivity (Wildman–Crippen MR) is 207 cm³/mol. The third-order valence-electron chi connectivity index (χ3n) is 10.5. The van der Waals surface area contributed by atoms with Crippen molar-refractivity contribution in [1.82, 2.24) is 14.4 Å². The van der Waals surface area contributed by atoms with Gasteiger partial charge in [-0.25, -0.2) is 4.98 Å². The Morgan fingerprint density at radius 2 is 1.43 bits per heavy atom. The molecule has 3 aromatic carbocycles. The van der Waals surface area contributed by atoms with Gasteiger partial charge in [0.15, 0.2) is 5.78 Å². The first-order valence-electron chi connectivity index (χ1n) is 17.6. The van der Waals surface area contributed by atoms with Gasteiger partial charge in [-0.05, 0) is 50.7 Å². The van der Waals surface area contributed by atoms with E-state index in [1.165, 1.54) is 55.0 Å². The average molecular weight is 847 g/mol. The van der Waals surface area contributed by atoms with Crippen LogP contribution in [-0.2, 0) is 24.9 Å². The number of carbonyl (C=O) groups excluding carboxylic acids is 1. The van der Waals surface area contributed by atoms with Crippen molar-refractivity contribution in [3.8, 4) is 0 Å². The molecule has 1 radical (unpaired) electrons. The molecule has 0 saturated carbocycles. The number of aryl methyl sites for hydroxylation is 2. The van der Waals surface area contributed by atoms with Crippen LogP contribution in [0, 0.1) is 31.7 Å². The zero-order chi connectivity index (χ0) is 34.5. The van der Waals surface area contributed by atoms with Crippen molar-refractivity contribution in [2.75, 3.05) is 0 Å². The molecule has 0 bridgehead atoms. The Labute approximate surface area is 304 Å². The van der Waals surface area contributed by atoms with E-state index in [0.717, 1.165) is 53.0 Å². The average Bonchev–Trinajstić information content (AvgIpc) is 3.34. The molecule has 0 atom stereocenters. The molecule has 0 spiro atoms. The van der Waals surface area contributed by atoms with Crippen molar-refractivity contribution < 1.29 is 30.0 Å². The van der Waals surface area contributed by atoms with E-state index in [4.69, 9.17) is 9.97 Å². The number of rotatable bonds is 8. The second-order valence-electron chi connectivity index (χ2n) is 14.4. The van der Waals surface area contributed by atoms with E-state index in [2.05, 4.69) is 92.5 Å². The maximum atomic E-state index is 11.7. The molecule has 0 unspecified atom stereocenters. The first-order valence-corrected chi connectivity index (χ1v) is 21.1. The third kappa shape index (κ3) is 6.30. The molecule has 0 aliphatic rings. The monoisotopic (exact) mass is 847 g/mol. The van der Waals surface area contributed by atoms with Crippen molar-refractivity contribution in [3.05, 3.63) is 83.9 Å². The molecule has 0 aliphatic carbocycles. The Kier molecular flexibility index (Phi) is 10.7. The molecule has 5 nitrogen and oxygen atoms in total. The van der Waals surface area contributed by atoms with E-state index < -0.39 is 8.07 Å². The predicted octanol–water partition coefficient (Wildman–Crippen LogP) is 10.8. The minimum atomic E-state index is -1.46. The molecule has 49 heavy (non-hydrogen) atoms. The van der Waals surface area contributed by atoms with Crippen LogP contribution >= 0.6 is 0 Å². The molecule has 0 aliphatic heterocycles. The van der Waals surface area contributed by atoms with Gasteiger partial charge in [-0.1, -0.05) is 105 Å². The molecular weight excluding hydrogens is 799 g/mol. The first kappa shape index (κ1) is 36.6. The number of aliphatic hydroxyl groups excluding tert-OH is 1. The summed E-state index contributed by atoms with van der Waals surface area (Å²) in [5, 5.41) is 18.4. The summed E-state index contributed by atoms with van der Waals surface area (Å²) in [6.45, 7) is 19.8. The molecule has 0 amide bonds. The first-order chi connectivity index (χ1) is 22.9. The molecule has 7 heteroatoms. The van der Waals surface area contributed by atoms with E-state index >= 15 is 0 Å². The summed E-state index contributed by atoms with van der Waals surface area (Å²) in [4.78, 5) is 21.4. The number of nitrogens with zero attached hydrogens (tertiary/aromatic N) is 3. The maximum absolute atomic E-state index is 11.7. The zero-order valence-corrected chi connectivity index (χ0v) is 33.7. The number of ketones is 1. The minimum Gasteiger partial charge on any atom is -0.512 e. The number of fused-ring (bicyclic) bond motifs is 7. The SMILES string of the molecule is CCC(CC)C(=O)/C=C(\O)C(CC)CC.Cc1c(C)c2c3cc([Si](C)(C)C)ccc3c3ncnc4c5[c-]c6ccccc6cc5c1n2c43.[Ir]. The largest absolute Gasteiger partial charge is 0.512 e. The van der Waals surface area contributed by atoms with Crippen molar-refractivity contribution in [3.63, 3.8) is 0 Å². The van der Waals surface area contributed by atoms with Crippen molar-refractivity contribution in [2.45, 2.75) is 86.9 Å². The number of aromatic nitrogens is 3. The van der Waals surface area contributed by atoms with Crippen LogP contribution in [0.2, 0.25) is 19.6 Å². The van der Waals surface area contributed by atoms with Crippen LogP contribution in [0.5, 0.6) is 0 Å². The summed E-state index contributed by atoms with van der Waals surface area (Å²) in [6, 6.07) is 21.5. The summed E-state index contributed by atoms with van der Waals surface area (Å²) in [5.41, 5.74) is 8.30. The van der Waals surface area contributed by atoms with Crippen LogP contribution < -0.4 is 5.19 Å². The number of carbonyl (C=O) groups is 1. The van der Waals surface area contributed by atoms with Crippen LogP contribution in [0.15, 0.2) is 66.7 Å². The van der Waals surface area contributed by atoms with E-state index in [0.29, 0.717) is 0 Å². The van der Waals surface area contributed by atoms with Gasteiger partial charge < -0.3 is 9.51 Å². The molecule has 7 rings (SSSR count). The topological polar surface area (TPSA) is 67.5 Å². The van der Waals surface area contributed by atoms with Gasteiger partial charge in [0.05, 0.1) is 30.4 Å². The quantitative estimate of drug-likeness (QED) is 0.0413. The molecule has 1 N–H and O–H groups in total. The van der Waals surface area contributed by atoms with Gasteiger partial charge in [-0.2, -0.15) is 0 Å². The van der Waals surface area contributed by atoms with Gasteiger partial charge in [0.2, 0.25) is 0 Å². The fourth-order valence-electron chi connectivity index (χ4n) is 7.37. The zero-order valence-electron chi connectivity index (χ0n) is 30.3. The van der Waals surface area contributed by atoms with Crippen LogP contribution in [0.1, 0.15) is 64.5 Å². The normalized spacial score (nSPS) is 12.6. The third-order valence-corrected chi connectivity index (χ3v) is 12.6. The molecule has 4 heterocycles. The van der Waals surface area contributed by atoms with Crippen LogP contribution in [0.4, 0.5) is 0 Å². The van der Waals surface area contributed by atoms with E-state index in [1.807, 2.05) is 27.7 Å². The van der Waals surface area contributed by atoms with E-state index in [-0.39, 0.29) is 43.5 Å². The number of hydrogen-bond acceptors (Lipinski definition) is 4. The van der Waals surface area contributed by atoms with Crippen molar-refractivity contribution in [2.24, 2.45) is 11.8 Å². The molecule has 7 aromatic rings. The summed E-state index contributed by atoms with van der Waals surface area (Å²) >= 11 is 0. The molecule has 4 aromatic heterocycles. The van der Waals surface area contributed by atoms with Gasteiger partial charge in [0, 0.05) is 59.8 Å². The maximum Gasteiger partial charge on any atom is 0.162 e. The number of hydrogen-bond donors (Lipinski definition) is 1. The van der Waals surface area contributed by atoms with Gasteiger partial charge in [0.25, 0.3) is 0 Å². The molecular formula is C42H48IrN3O2Si-. The van der Waals surface area contributed by atoms with E-state index in [9.17, 15) is 9.90 Å². The van der Waals surface area contributed by atoms with Gasteiger partial charge in [0.1, 0.15) is 6.33 Å².